The molecule has 2 heterocycles. The maximum Gasteiger partial charge on any atom is 0.169 e. The minimum absolute atomic E-state index is 0.229. The molecule has 4 rings (SSSR count). The SMILES string of the molecule is CC(C)C(c1nnnn1Cc1ccccc1)N1CCN(Cc2ccccc2)CC1. The monoisotopic (exact) mass is 390 g/mol. The maximum atomic E-state index is 4.44. The lowest BCUT2D eigenvalue weighted by atomic mass is 10.0. The van der Waals surface area contributed by atoms with Gasteiger partial charge in [-0.1, -0.05) is 74.5 Å². The Balaban J connectivity index is 1.43. The Bertz CT molecular complexity index is 869. The summed E-state index contributed by atoms with van der Waals surface area (Å²) < 4.78 is 1.97. The predicted molar refractivity (Wildman–Crippen MR) is 114 cm³/mol. The van der Waals surface area contributed by atoms with Crippen LogP contribution in [0.1, 0.15) is 36.8 Å². The van der Waals surface area contributed by atoms with Crippen LogP contribution in [0.25, 0.3) is 0 Å². The average molecular weight is 391 g/mol. The quantitative estimate of drug-likeness (QED) is 0.620. The fourth-order valence-corrected chi connectivity index (χ4v) is 4.22. The van der Waals surface area contributed by atoms with E-state index in [1.54, 1.807) is 0 Å². The molecule has 1 aliphatic heterocycles. The average Bonchev–Trinajstić information content (AvgIpc) is 3.18. The molecule has 0 amide bonds. The molecule has 152 valence electrons. The predicted octanol–water partition coefficient (Wildman–Crippen LogP) is 3.24. The van der Waals surface area contributed by atoms with Crippen LogP contribution >= 0.6 is 0 Å². The van der Waals surface area contributed by atoms with Crippen molar-refractivity contribution in [1.29, 1.82) is 0 Å². The minimum Gasteiger partial charge on any atom is -0.297 e. The van der Waals surface area contributed by atoms with Gasteiger partial charge in [0.25, 0.3) is 0 Å². The van der Waals surface area contributed by atoms with E-state index in [0.717, 1.165) is 38.5 Å². The molecule has 1 unspecified atom stereocenters. The number of piperazine rings is 1. The molecule has 0 aliphatic carbocycles. The van der Waals surface area contributed by atoms with Gasteiger partial charge in [-0.2, -0.15) is 0 Å². The van der Waals surface area contributed by atoms with Gasteiger partial charge in [-0.25, -0.2) is 4.68 Å². The Morgan fingerprint density at radius 1 is 0.793 bits per heavy atom. The van der Waals surface area contributed by atoms with E-state index in [1.807, 2.05) is 10.7 Å². The summed E-state index contributed by atoms with van der Waals surface area (Å²) in [5, 5.41) is 12.8. The van der Waals surface area contributed by atoms with Crippen LogP contribution in [0.3, 0.4) is 0 Å². The fourth-order valence-electron chi connectivity index (χ4n) is 4.22. The van der Waals surface area contributed by atoms with Crippen LogP contribution in [0.2, 0.25) is 0 Å². The molecule has 1 saturated heterocycles. The zero-order chi connectivity index (χ0) is 20.1. The second-order valence-corrected chi connectivity index (χ2v) is 8.17. The van der Waals surface area contributed by atoms with Crippen molar-refractivity contribution in [3.63, 3.8) is 0 Å². The van der Waals surface area contributed by atoms with Crippen molar-refractivity contribution in [1.82, 2.24) is 30.0 Å². The minimum atomic E-state index is 0.229. The van der Waals surface area contributed by atoms with Gasteiger partial charge in [-0.15, -0.1) is 5.10 Å². The van der Waals surface area contributed by atoms with Crippen LogP contribution in [-0.4, -0.2) is 56.2 Å². The van der Waals surface area contributed by atoms with Crippen molar-refractivity contribution in [2.45, 2.75) is 33.0 Å². The Labute approximate surface area is 173 Å². The summed E-state index contributed by atoms with van der Waals surface area (Å²) in [4.78, 5) is 5.09. The van der Waals surface area contributed by atoms with Gasteiger partial charge in [-0.3, -0.25) is 9.80 Å². The summed E-state index contributed by atoms with van der Waals surface area (Å²) in [6.07, 6.45) is 0. The summed E-state index contributed by atoms with van der Waals surface area (Å²) >= 11 is 0. The van der Waals surface area contributed by atoms with Gasteiger partial charge in [0.1, 0.15) is 0 Å². The molecule has 2 aromatic carbocycles. The third-order valence-electron chi connectivity index (χ3n) is 5.68. The van der Waals surface area contributed by atoms with E-state index in [9.17, 15) is 0 Å². The molecule has 0 bridgehead atoms. The zero-order valence-electron chi connectivity index (χ0n) is 17.4. The van der Waals surface area contributed by atoms with Crippen LogP contribution in [0.4, 0.5) is 0 Å². The number of hydrogen-bond donors (Lipinski definition) is 0. The standard InChI is InChI=1S/C23H30N6/c1-19(2)22(23-24-25-26-29(23)18-21-11-7-4-8-12-21)28-15-13-27(14-16-28)17-20-9-5-3-6-10-20/h3-12,19,22H,13-18H2,1-2H3. The molecule has 0 N–H and O–H groups in total. The van der Waals surface area contributed by atoms with Gasteiger partial charge in [0, 0.05) is 32.7 Å². The third kappa shape index (κ3) is 4.89. The number of rotatable bonds is 7. The second-order valence-electron chi connectivity index (χ2n) is 8.17. The highest BCUT2D eigenvalue weighted by atomic mass is 15.6. The molecule has 1 fully saturated rings. The van der Waals surface area contributed by atoms with Crippen LogP contribution in [0.15, 0.2) is 60.7 Å². The van der Waals surface area contributed by atoms with Crippen LogP contribution in [-0.2, 0) is 13.1 Å². The molecule has 1 atom stereocenters. The zero-order valence-corrected chi connectivity index (χ0v) is 17.4. The first-order valence-electron chi connectivity index (χ1n) is 10.5. The largest absolute Gasteiger partial charge is 0.297 e. The first-order chi connectivity index (χ1) is 14.2. The van der Waals surface area contributed by atoms with E-state index in [4.69, 9.17) is 0 Å². The van der Waals surface area contributed by atoms with Gasteiger partial charge >= 0.3 is 0 Å². The fraction of sp³-hybridized carbons (Fsp3) is 0.435. The van der Waals surface area contributed by atoms with Crippen molar-refractivity contribution < 1.29 is 0 Å². The first-order valence-corrected chi connectivity index (χ1v) is 10.5. The van der Waals surface area contributed by atoms with Crippen molar-refractivity contribution in [2.75, 3.05) is 26.2 Å². The van der Waals surface area contributed by atoms with Crippen molar-refractivity contribution in [3.8, 4) is 0 Å². The smallest absolute Gasteiger partial charge is 0.169 e. The molecule has 6 nitrogen and oxygen atoms in total. The highest BCUT2D eigenvalue weighted by Gasteiger charge is 2.31. The number of hydrogen-bond acceptors (Lipinski definition) is 5. The summed E-state index contributed by atoms with van der Waals surface area (Å²) in [6.45, 7) is 10.5. The molecule has 1 aliphatic rings. The molecule has 0 radical (unpaired) electrons. The maximum absolute atomic E-state index is 4.44. The van der Waals surface area contributed by atoms with E-state index >= 15 is 0 Å². The second kappa shape index (κ2) is 9.29. The number of nitrogens with zero attached hydrogens (tertiary/aromatic N) is 6. The van der Waals surface area contributed by atoms with Crippen LogP contribution in [0.5, 0.6) is 0 Å². The van der Waals surface area contributed by atoms with E-state index in [2.05, 4.69) is 93.8 Å². The van der Waals surface area contributed by atoms with Gasteiger partial charge in [-0.05, 0) is 27.5 Å². The lowest BCUT2D eigenvalue weighted by Crippen LogP contribution is -2.48. The van der Waals surface area contributed by atoms with Gasteiger partial charge in [0.2, 0.25) is 0 Å². The normalized spacial score (nSPS) is 16.9. The number of tetrazole rings is 1. The Morgan fingerprint density at radius 2 is 1.38 bits per heavy atom. The Hall–Kier alpha value is -2.57. The summed E-state index contributed by atoms with van der Waals surface area (Å²) in [6, 6.07) is 21.4. The molecule has 29 heavy (non-hydrogen) atoms. The lowest BCUT2D eigenvalue weighted by Gasteiger charge is -2.40. The molecule has 6 heteroatoms. The van der Waals surface area contributed by atoms with Gasteiger partial charge in [0.15, 0.2) is 5.82 Å². The van der Waals surface area contributed by atoms with Gasteiger partial charge in [0.05, 0.1) is 12.6 Å². The summed E-state index contributed by atoms with van der Waals surface area (Å²) in [5.74, 6) is 1.41. The molecule has 1 aromatic heterocycles. The van der Waals surface area contributed by atoms with Gasteiger partial charge < -0.3 is 0 Å². The summed E-state index contributed by atoms with van der Waals surface area (Å²) in [7, 11) is 0. The molecule has 0 saturated carbocycles. The Morgan fingerprint density at radius 3 is 1.97 bits per heavy atom. The highest BCUT2D eigenvalue weighted by Crippen LogP contribution is 2.28. The van der Waals surface area contributed by atoms with E-state index in [1.165, 1.54) is 11.1 Å². The molecular formula is C23H30N6. The Kier molecular flexibility index (Phi) is 6.32. The van der Waals surface area contributed by atoms with E-state index in [-0.39, 0.29) is 6.04 Å². The van der Waals surface area contributed by atoms with Crippen LogP contribution in [0, 0.1) is 5.92 Å². The number of benzene rings is 2. The topological polar surface area (TPSA) is 50.1 Å². The molecule has 3 aromatic rings. The first kappa shape index (κ1) is 19.7. The molecule has 0 spiro atoms. The van der Waals surface area contributed by atoms with Crippen LogP contribution < -0.4 is 0 Å². The summed E-state index contributed by atoms with van der Waals surface area (Å²) in [5.41, 5.74) is 2.60. The van der Waals surface area contributed by atoms with E-state index in [0.29, 0.717) is 12.5 Å². The van der Waals surface area contributed by atoms with E-state index < -0.39 is 0 Å². The lowest BCUT2D eigenvalue weighted by molar-refractivity contribution is 0.0664. The highest BCUT2D eigenvalue weighted by molar-refractivity contribution is 5.16. The van der Waals surface area contributed by atoms with Crippen molar-refractivity contribution in [3.05, 3.63) is 77.6 Å². The van der Waals surface area contributed by atoms with Crippen molar-refractivity contribution in [2.24, 2.45) is 5.92 Å². The third-order valence-corrected chi connectivity index (χ3v) is 5.68. The molecular weight excluding hydrogens is 360 g/mol. The van der Waals surface area contributed by atoms with Crippen molar-refractivity contribution >= 4 is 0 Å². The number of aromatic nitrogens is 4.